The van der Waals surface area contributed by atoms with Crippen LogP contribution in [-0.2, 0) is 14.3 Å². The molecule has 1 aliphatic carbocycles. The fourth-order valence-corrected chi connectivity index (χ4v) is 5.56. The molecule has 4 atom stereocenters. The Morgan fingerprint density at radius 1 is 0.868 bits per heavy atom. The lowest BCUT2D eigenvalue weighted by molar-refractivity contribution is -0.385. The predicted octanol–water partition coefficient (Wildman–Crippen LogP) is 3.72. The fraction of sp³-hybridized carbons (Fsp3) is 0.276. The van der Waals surface area contributed by atoms with Crippen LogP contribution in [-0.4, -0.2) is 54.2 Å². The molecule has 194 valence electrons. The number of nitrogens with zero attached hydrogens (tertiary/aromatic N) is 3. The van der Waals surface area contributed by atoms with E-state index >= 15 is 0 Å². The summed E-state index contributed by atoms with van der Waals surface area (Å²) in [6.45, 7) is 2.04. The highest BCUT2D eigenvalue weighted by Gasteiger charge is 2.58. The van der Waals surface area contributed by atoms with Crippen molar-refractivity contribution in [1.82, 2.24) is 10.3 Å². The number of carbonyl (C=O) groups is 2. The Bertz CT molecular complexity index is 1280. The zero-order valence-electron chi connectivity index (χ0n) is 20.7. The second-order valence-electron chi connectivity index (χ2n) is 9.41. The molecule has 0 spiro atoms. The Labute approximate surface area is 220 Å². The number of rotatable bonds is 7. The van der Waals surface area contributed by atoms with Gasteiger partial charge in [0.15, 0.2) is 0 Å². The van der Waals surface area contributed by atoms with Crippen LogP contribution in [0.2, 0.25) is 0 Å². The van der Waals surface area contributed by atoms with Gasteiger partial charge in [-0.25, -0.2) is 5.43 Å². The predicted molar refractivity (Wildman–Crippen MR) is 142 cm³/mol. The summed E-state index contributed by atoms with van der Waals surface area (Å²) < 4.78 is 5.45. The molecule has 2 aliphatic rings. The van der Waals surface area contributed by atoms with Crippen molar-refractivity contribution < 1.29 is 19.2 Å². The number of morpholine rings is 1. The van der Waals surface area contributed by atoms with Crippen LogP contribution in [0.25, 0.3) is 0 Å². The first-order chi connectivity index (χ1) is 18.6. The largest absolute Gasteiger partial charge is 0.378 e. The molecule has 2 unspecified atom stereocenters. The van der Waals surface area contributed by atoms with Gasteiger partial charge in [0.1, 0.15) is 0 Å². The topological polar surface area (TPSA) is 114 Å². The number of nitrogens with one attached hydrogen (secondary N) is 1. The molecule has 9 heteroatoms. The summed E-state index contributed by atoms with van der Waals surface area (Å²) in [6.07, 6.45) is 1.28. The number of carbonyl (C=O) groups excluding carboxylic acids is 2. The molecule has 2 amide bonds. The Kier molecular flexibility index (Phi) is 7.55. The van der Waals surface area contributed by atoms with Crippen molar-refractivity contribution in [1.29, 1.82) is 0 Å². The first-order valence-electron chi connectivity index (χ1n) is 12.6. The van der Waals surface area contributed by atoms with Gasteiger partial charge >= 0.3 is 0 Å². The maximum absolute atomic E-state index is 13.9. The van der Waals surface area contributed by atoms with Gasteiger partial charge in [-0.2, -0.15) is 5.10 Å². The van der Waals surface area contributed by atoms with Crippen molar-refractivity contribution in [2.45, 2.75) is 11.8 Å². The number of hydrogen-bond donors (Lipinski definition) is 1. The highest BCUT2D eigenvalue weighted by molar-refractivity contribution is 5.91. The standard InChI is InChI=1S/C29H28N4O5/c34-28(31-30-19-22-13-7-8-14-23(22)33(36)37)26-24(20-9-3-1-4-10-20)27(25(26)21-11-5-2-6-12-21)29(35)32-15-17-38-18-16-32/h1-14,19,24-27H,15-18H2,(H,31,34)/b30-19-/t24-,25+,26?,27?. The van der Waals surface area contributed by atoms with Gasteiger partial charge in [0.25, 0.3) is 5.69 Å². The molecule has 0 radical (unpaired) electrons. The van der Waals surface area contributed by atoms with Crippen LogP contribution in [0.3, 0.4) is 0 Å². The summed E-state index contributed by atoms with van der Waals surface area (Å²) in [5.74, 6) is -2.00. The van der Waals surface area contributed by atoms with Crippen molar-refractivity contribution >= 4 is 23.7 Å². The van der Waals surface area contributed by atoms with E-state index in [1.807, 2.05) is 65.6 Å². The van der Waals surface area contributed by atoms with Crippen LogP contribution in [0.5, 0.6) is 0 Å². The first kappa shape index (κ1) is 25.3. The first-order valence-corrected chi connectivity index (χ1v) is 12.6. The molecular weight excluding hydrogens is 484 g/mol. The average molecular weight is 513 g/mol. The Morgan fingerprint density at radius 3 is 2.00 bits per heavy atom. The van der Waals surface area contributed by atoms with Crippen molar-refractivity contribution in [2.24, 2.45) is 16.9 Å². The van der Waals surface area contributed by atoms with Gasteiger partial charge < -0.3 is 9.64 Å². The molecular formula is C29H28N4O5. The highest BCUT2D eigenvalue weighted by Crippen LogP contribution is 2.58. The molecule has 5 rings (SSSR count). The van der Waals surface area contributed by atoms with E-state index in [4.69, 9.17) is 4.74 Å². The summed E-state index contributed by atoms with van der Waals surface area (Å²) in [5.41, 5.74) is 4.60. The zero-order chi connectivity index (χ0) is 26.5. The molecule has 2 fully saturated rings. The third kappa shape index (κ3) is 5.05. The van der Waals surface area contributed by atoms with E-state index in [-0.39, 0.29) is 34.9 Å². The minimum absolute atomic E-state index is 0.0171. The normalized spacial score (nSPS) is 23.0. The number of nitro groups is 1. The number of hydrogen-bond acceptors (Lipinski definition) is 6. The number of ether oxygens (including phenoxy) is 1. The van der Waals surface area contributed by atoms with E-state index in [0.29, 0.717) is 26.3 Å². The molecule has 0 aromatic heterocycles. The summed E-state index contributed by atoms with van der Waals surface area (Å²) in [7, 11) is 0. The van der Waals surface area contributed by atoms with Gasteiger partial charge in [-0.15, -0.1) is 0 Å². The summed E-state index contributed by atoms with van der Waals surface area (Å²) in [4.78, 5) is 40.2. The van der Waals surface area contributed by atoms with Crippen LogP contribution >= 0.6 is 0 Å². The van der Waals surface area contributed by atoms with E-state index < -0.39 is 16.8 Å². The van der Waals surface area contributed by atoms with E-state index in [0.717, 1.165) is 11.1 Å². The number of hydrazone groups is 1. The molecule has 1 saturated heterocycles. The van der Waals surface area contributed by atoms with Gasteiger partial charge in [0.2, 0.25) is 11.8 Å². The summed E-state index contributed by atoms with van der Waals surface area (Å²) in [6, 6.07) is 25.4. The van der Waals surface area contributed by atoms with Gasteiger partial charge in [-0.3, -0.25) is 19.7 Å². The van der Waals surface area contributed by atoms with Crippen LogP contribution in [0, 0.1) is 22.0 Å². The summed E-state index contributed by atoms with van der Waals surface area (Å²) in [5, 5.41) is 15.4. The Balaban J connectivity index is 1.47. The maximum atomic E-state index is 13.9. The lowest BCUT2D eigenvalue weighted by Gasteiger charge is -2.52. The van der Waals surface area contributed by atoms with Crippen LogP contribution in [0.1, 0.15) is 28.5 Å². The van der Waals surface area contributed by atoms with Crippen LogP contribution in [0.15, 0.2) is 90.0 Å². The lowest BCUT2D eigenvalue weighted by atomic mass is 9.51. The number of benzene rings is 3. The molecule has 1 saturated carbocycles. The molecule has 3 aromatic carbocycles. The van der Waals surface area contributed by atoms with E-state index in [1.54, 1.807) is 18.2 Å². The molecule has 38 heavy (non-hydrogen) atoms. The van der Waals surface area contributed by atoms with Gasteiger partial charge in [-0.05, 0) is 17.2 Å². The number of amides is 2. The molecule has 1 aliphatic heterocycles. The fourth-order valence-electron chi connectivity index (χ4n) is 5.56. The quantitative estimate of drug-likeness (QED) is 0.294. The molecule has 1 N–H and O–H groups in total. The number of nitro benzene ring substituents is 1. The highest BCUT2D eigenvalue weighted by atomic mass is 16.6. The van der Waals surface area contributed by atoms with Crippen molar-refractivity contribution in [3.8, 4) is 0 Å². The van der Waals surface area contributed by atoms with E-state index in [1.165, 1.54) is 12.3 Å². The zero-order valence-corrected chi connectivity index (χ0v) is 20.7. The smallest absolute Gasteiger partial charge is 0.278 e. The minimum Gasteiger partial charge on any atom is -0.378 e. The van der Waals surface area contributed by atoms with Crippen LogP contribution < -0.4 is 5.43 Å². The van der Waals surface area contributed by atoms with Crippen molar-refractivity contribution in [3.63, 3.8) is 0 Å². The van der Waals surface area contributed by atoms with E-state index in [2.05, 4.69) is 10.5 Å². The third-order valence-electron chi connectivity index (χ3n) is 7.34. The third-order valence-corrected chi connectivity index (χ3v) is 7.34. The van der Waals surface area contributed by atoms with Gasteiger partial charge in [0.05, 0.1) is 41.8 Å². The Morgan fingerprint density at radius 2 is 1.42 bits per heavy atom. The van der Waals surface area contributed by atoms with Crippen LogP contribution in [0.4, 0.5) is 5.69 Å². The average Bonchev–Trinajstić information content (AvgIpc) is 2.94. The Hall–Kier alpha value is -4.37. The van der Waals surface area contributed by atoms with Gasteiger partial charge in [0, 0.05) is 31.0 Å². The van der Waals surface area contributed by atoms with Crippen molar-refractivity contribution in [2.75, 3.05) is 26.3 Å². The molecule has 9 nitrogen and oxygen atoms in total. The second-order valence-corrected chi connectivity index (χ2v) is 9.41. The molecule has 1 heterocycles. The van der Waals surface area contributed by atoms with Gasteiger partial charge in [-0.1, -0.05) is 72.8 Å². The second kappa shape index (κ2) is 11.4. The minimum atomic E-state index is -0.558. The van der Waals surface area contributed by atoms with Crippen molar-refractivity contribution in [3.05, 3.63) is 112 Å². The monoisotopic (exact) mass is 512 g/mol. The summed E-state index contributed by atoms with van der Waals surface area (Å²) >= 11 is 0. The molecule has 0 bridgehead atoms. The van der Waals surface area contributed by atoms with E-state index in [9.17, 15) is 19.7 Å². The number of para-hydroxylation sites is 1. The molecule has 3 aromatic rings. The SMILES string of the molecule is O=C(N/N=C\c1ccccc1[N+](=O)[O-])C1[C@@H](c2ccccc2)C(C(=O)N2CCOCC2)[C@H]1c1ccccc1. The maximum Gasteiger partial charge on any atom is 0.278 e. The lowest BCUT2D eigenvalue weighted by Crippen LogP contribution is -2.57.